The van der Waals surface area contributed by atoms with Crippen LogP contribution < -0.4 is 20.1 Å². The van der Waals surface area contributed by atoms with Gasteiger partial charge in [0.05, 0.1) is 19.6 Å². The minimum atomic E-state index is -0.378. The Morgan fingerprint density at radius 2 is 1.56 bits per heavy atom. The van der Waals surface area contributed by atoms with Gasteiger partial charge in [0, 0.05) is 13.5 Å². The summed E-state index contributed by atoms with van der Waals surface area (Å²) in [4.78, 5) is 24.1. The van der Waals surface area contributed by atoms with E-state index in [1.807, 2.05) is 78.9 Å². The van der Waals surface area contributed by atoms with Crippen LogP contribution in [-0.2, 0) is 22.7 Å². The summed E-state index contributed by atoms with van der Waals surface area (Å²) in [5, 5.41) is 5.76. The van der Waals surface area contributed by atoms with Gasteiger partial charge in [-0.3, -0.25) is 9.59 Å². The van der Waals surface area contributed by atoms with Crippen molar-refractivity contribution in [3.05, 3.63) is 95.6 Å². The number of nitrogens with one attached hydrogen (secondary N) is 2. The van der Waals surface area contributed by atoms with Crippen molar-refractivity contribution < 1.29 is 19.1 Å². The lowest BCUT2D eigenvalue weighted by Gasteiger charge is -2.18. The van der Waals surface area contributed by atoms with E-state index in [-0.39, 0.29) is 24.3 Å². The summed E-state index contributed by atoms with van der Waals surface area (Å²) in [7, 11) is 1.59. The number of carbonyl (C=O) groups is 2. The molecule has 1 unspecified atom stereocenters. The van der Waals surface area contributed by atoms with E-state index in [9.17, 15) is 9.59 Å². The molecule has 2 N–H and O–H groups in total. The third-order valence-electron chi connectivity index (χ3n) is 4.92. The molecule has 0 saturated carbocycles. The van der Waals surface area contributed by atoms with E-state index in [1.165, 1.54) is 6.92 Å². The van der Waals surface area contributed by atoms with Crippen LogP contribution in [0.2, 0.25) is 0 Å². The van der Waals surface area contributed by atoms with Crippen molar-refractivity contribution in [1.82, 2.24) is 10.6 Å². The first-order chi connectivity index (χ1) is 15.5. The summed E-state index contributed by atoms with van der Waals surface area (Å²) in [6.45, 7) is 2.23. The van der Waals surface area contributed by atoms with Crippen LogP contribution in [0.3, 0.4) is 0 Å². The molecule has 0 fully saturated rings. The van der Waals surface area contributed by atoms with Gasteiger partial charge < -0.3 is 20.1 Å². The van der Waals surface area contributed by atoms with Gasteiger partial charge in [-0.1, -0.05) is 66.7 Å². The molecule has 0 bridgehead atoms. The molecule has 0 aliphatic rings. The van der Waals surface area contributed by atoms with Crippen LogP contribution in [0.5, 0.6) is 11.5 Å². The van der Waals surface area contributed by atoms with Crippen LogP contribution >= 0.6 is 0 Å². The normalized spacial score (nSPS) is 11.3. The quantitative estimate of drug-likeness (QED) is 0.504. The molecule has 32 heavy (non-hydrogen) atoms. The monoisotopic (exact) mass is 432 g/mol. The largest absolute Gasteiger partial charge is 0.493 e. The summed E-state index contributed by atoms with van der Waals surface area (Å²) in [5.41, 5.74) is 2.84. The van der Waals surface area contributed by atoms with Gasteiger partial charge >= 0.3 is 0 Å². The zero-order chi connectivity index (χ0) is 22.8. The van der Waals surface area contributed by atoms with Crippen LogP contribution in [-0.4, -0.2) is 18.9 Å². The lowest BCUT2D eigenvalue weighted by atomic mass is 10.0. The molecular formula is C26H28N2O4. The van der Waals surface area contributed by atoms with Crippen molar-refractivity contribution in [1.29, 1.82) is 0 Å². The number of benzene rings is 3. The molecule has 6 nitrogen and oxygen atoms in total. The average molecular weight is 433 g/mol. The minimum Gasteiger partial charge on any atom is -0.493 e. The highest BCUT2D eigenvalue weighted by Gasteiger charge is 2.17. The Bertz CT molecular complexity index is 1020. The molecule has 1 atom stereocenters. The van der Waals surface area contributed by atoms with E-state index in [2.05, 4.69) is 10.6 Å². The van der Waals surface area contributed by atoms with Crippen LogP contribution in [0.4, 0.5) is 0 Å². The van der Waals surface area contributed by atoms with Gasteiger partial charge in [0.25, 0.3) is 0 Å². The number of hydrogen-bond acceptors (Lipinski definition) is 4. The number of amides is 2. The van der Waals surface area contributed by atoms with E-state index in [0.29, 0.717) is 24.7 Å². The topological polar surface area (TPSA) is 76.7 Å². The molecule has 3 aromatic carbocycles. The molecular weight excluding hydrogens is 404 g/mol. The zero-order valence-electron chi connectivity index (χ0n) is 18.3. The predicted molar refractivity (Wildman–Crippen MR) is 123 cm³/mol. The van der Waals surface area contributed by atoms with Crippen molar-refractivity contribution in [2.24, 2.45) is 0 Å². The lowest BCUT2D eigenvalue weighted by molar-refractivity contribution is -0.122. The Kier molecular flexibility index (Phi) is 8.26. The molecule has 3 aromatic rings. The number of ether oxygens (including phenoxy) is 2. The van der Waals surface area contributed by atoms with Crippen LogP contribution in [0, 0.1) is 0 Å². The molecule has 3 rings (SSSR count). The summed E-state index contributed by atoms with van der Waals surface area (Å²) in [6, 6.07) is 24.6. The van der Waals surface area contributed by atoms with Gasteiger partial charge in [0.1, 0.15) is 6.61 Å². The SMILES string of the molecule is COc1cc(CNC(=O)CC(NC(C)=O)c2ccccc2)ccc1OCc1ccccc1. The third kappa shape index (κ3) is 6.87. The van der Waals surface area contributed by atoms with E-state index in [4.69, 9.17) is 9.47 Å². The van der Waals surface area contributed by atoms with E-state index in [0.717, 1.165) is 16.7 Å². The molecule has 0 heterocycles. The molecule has 166 valence electrons. The van der Waals surface area contributed by atoms with Gasteiger partial charge in [-0.25, -0.2) is 0 Å². The van der Waals surface area contributed by atoms with Gasteiger partial charge in [-0.05, 0) is 28.8 Å². The molecule has 0 aromatic heterocycles. The van der Waals surface area contributed by atoms with Gasteiger partial charge in [0.15, 0.2) is 11.5 Å². The number of rotatable bonds is 10. The van der Waals surface area contributed by atoms with Crippen molar-refractivity contribution in [3.63, 3.8) is 0 Å². The first kappa shape index (κ1) is 22.9. The van der Waals surface area contributed by atoms with Crippen molar-refractivity contribution in [3.8, 4) is 11.5 Å². The zero-order valence-corrected chi connectivity index (χ0v) is 18.3. The Labute approximate surface area is 188 Å². The minimum absolute atomic E-state index is 0.152. The Morgan fingerprint density at radius 3 is 2.22 bits per heavy atom. The van der Waals surface area contributed by atoms with E-state index in [1.54, 1.807) is 7.11 Å². The van der Waals surface area contributed by atoms with Gasteiger partial charge in [-0.2, -0.15) is 0 Å². The second-order valence-corrected chi connectivity index (χ2v) is 7.40. The second kappa shape index (κ2) is 11.6. The summed E-state index contributed by atoms with van der Waals surface area (Å²) in [5.74, 6) is 0.910. The highest BCUT2D eigenvalue weighted by molar-refractivity contribution is 5.79. The molecule has 0 aliphatic heterocycles. The summed E-state index contributed by atoms with van der Waals surface area (Å²) in [6.07, 6.45) is 0.152. The summed E-state index contributed by atoms with van der Waals surface area (Å²) < 4.78 is 11.3. The maximum atomic E-state index is 12.5. The standard InChI is InChI=1S/C26H28N2O4/c1-19(29)28-23(22-11-7-4-8-12-22)16-26(30)27-17-21-13-14-24(25(15-21)31-2)32-18-20-9-5-3-6-10-20/h3-15,23H,16-18H2,1-2H3,(H,27,30)(H,28,29). The number of carbonyl (C=O) groups excluding carboxylic acids is 2. The fourth-order valence-corrected chi connectivity index (χ4v) is 3.32. The fourth-order valence-electron chi connectivity index (χ4n) is 3.32. The van der Waals surface area contributed by atoms with E-state index >= 15 is 0 Å². The highest BCUT2D eigenvalue weighted by Crippen LogP contribution is 2.29. The van der Waals surface area contributed by atoms with Crippen molar-refractivity contribution >= 4 is 11.8 Å². The molecule has 6 heteroatoms. The molecule has 2 amide bonds. The number of methoxy groups -OCH3 is 1. The van der Waals surface area contributed by atoms with Crippen LogP contribution in [0.15, 0.2) is 78.9 Å². The second-order valence-electron chi connectivity index (χ2n) is 7.40. The Balaban J connectivity index is 1.58. The Hall–Kier alpha value is -3.80. The first-order valence-electron chi connectivity index (χ1n) is 10.5. The molecule has 0 spiro atoms. The van der Waals surface area contributed by atoms with Gasteiger partial charge in [-0.15, -0.1) is 0 Å². The van der Waals surface area contributed by atoms with Crippen molar-refractivity contribution in [2.45, 2.75) is 32.5 Å². The molecule has 0 aliphatic carbocycles. The lowest BCUT2D eigenvalue weighted by Crippen LogP contribution is -2.32. The smallest absolute Gasteiger partial charge is 0.222 e. The van der Waals surface area contributed by atoms with Gasteiger partial charge in [0.2, 0.25) is 11.8 Å². The molecule has 0 saturated heterocycles. The van der Waals surface area contributed by atoms with Crippen LogP contribution in [0.1, 0.15) is 36.1 Å². The first-order valence-corrected chi connectivity index (χ1v) is 10.5. The predicted octanol–water partition coefficient (Wildman–Crippen LogP) is 4.16. The average Bonchev–Trinajstić information content (AvgIpc) is 2.82. The van der Waals surface area contributed by atoms with Crippen LogP contribution in [0.25, 0.3) is 0 Å². The third-order valence-corrected chi connectivity index (χ3v) is 4.92. The maximum absolute atomic E-state index is 12.5. The number of hydrogen-bond donors (Lipinski definition) is 2. The maximum Gasteiger partial charge on any atom is 0.222 e. The highest BCUT2D eigenvalue weighted by atomic mass is 16.5. The van der Waals surface area contributed by atoms with E-state index < -0.39 is 0 Å². The van der Waals surface area contributed by atoms with Crippen molar-refractivity contribution in [2.75, 3.05) is 7.11 Å². The molecule has 0 radical (unpaired) electrons. The fraction of sp³-hybridized carbons (Fsp3) is 0.231. The Morgan fingerprint density at radius 1 is 0.875 bits per heavy atom. The summed E-state index contributed by atoms with van der Waals surface area (Å²) >= 11 is 0.